The molecule has 1 aliphatic heterocycles. The van der Waals surface area contributed by atoms with Gasteiger partial charge in [0.25, 0.3) is 0 Å². The molecule has 0 bridgehead atoms. The first-order chi connectivity index (χ1) is 11.3. The Morgan fingerprint density at radius 1 is 1.46 bits per heavy atom. The number of aromatic nitrogens is 3. The Hall–Kier alpha value is -2.12. The Balaban J connectivity index is 1.99. The normalized spacial score (nSPS) is 17.6. The highest BCUT2D eigenvalue weighted by atomic mass is 16.2. The fourth-order valence-electron chi connectivity index (χ4n) is 2.49. The number of aryl methyl sites for hydroxylation is 2. The number of fused-ring (bicyclic) bond motifs is 1. The fourth-order valence-corrected chi connectivity index (χ4v) is 2.49. The number of nitrogens with one attached hydrogen (secondary N) is 2. The van der Waals surface area contributed by atoms with E-state index in [-0.39, 0.29) is 18.5 Å². The van der Waals surface area contributed by atoms with Crippen LogP contribution < -0.4 is 10.6 Å². The highest BCUT2D eigenvalue weighted by Gasteiger charge is 2.21. The number of hydrogen-bond acceptors (Lipinski definition) is 4. The number of likely N-dealkylation sites (N-methyl/N-ethyl adjacent to an activating group) is 1. The van der Waals surface area contributed by atoms with E-state index in [1.54, 1.807) is 19.0 Å². The minimum Gasteiger partial charge on any atom is -0.356 e. The number of carbonyl (C=O) groups excluding carboxylic acids is 1. The van der Waals surface area contributed by atoms with Crippen molar-refractivity contribution < 1.29 is 4.79 Å². The van der Waals surface area contributed by atoms with Crippen molar-refractivity contribution in [2.45, 2.75) is 46.2 Å². The molecule has 1 aromatic heterocycles. The van der Waals surface area contributed by atoms with Crippen LogP contribution in [0.25, 0.3) is 0 Å². The summed E-state index contributed by atoms with van der Waals surface area (Å²) in [6.45, 7) is 7.91. The van der Waals surface area contributed by atoms with Gasteiger partial charge in [-0.25, -0.2) is 14.7 Å². The lowest BCUT2D eigenvalue weighted by molar-refractivity contribution is -0.127. The van der Waals surface area contributed by atoms with Crippen molar-refractivity contribution in [2.24, 2.45) is 10.9 Å². The zero-order chi connectivity index (χ0) is 17.7. The predicted molar refractivity (Wildman–Crippen MR) is 93.8 cm³/mol. The Labute approximate surface area is 143 Å². The molecule has 134 valence electrons. The van der Waals surface area contributed by atoms with Crippen molar-refractivity contribution in [3.05, 3.63) is 11.6 Å². The third kappa shape index (κ3) is 5.21. The smallest absolute Gasteiger partial charge is 0.243 e. The largest absolute Gasteiger partial charge is 0.356 e. The highest BCUT2D eigenvalue weighted by molar-refractivity contribution is 5.84. The van der Waals surface area contributed by atoms with Crippen molar-refractivity contribution >= 4 is 11.9 Å². The van der Waals surface area contributed by atoms with E-state index in [1.165, 1.54) is 0 Å². The van der Waals surface area contributed by atoms with Crippen LogP contribution in [0.5, 0.6) is 0 Å². The lowest BCUT2D eigenvalue weighted by Crippen LogP contribution is -2.48. The highest BCUT2D eigenvalue weighted by Crippen LogP contribution is 2.12. The van der Waals surface area contributed by atoms with E-state index in [2.05, 4.69) is 39.6 Å². The molecule has 2 N–H and O–H groups in total. The Morgan fingerprint density at radius 2 is 2.21 bits per heavy atom. The average Bonchev–Trinajstić information content (AvgIpc) is 2.88. The van der Waals surface area contributed by atoms with Crippen molar-refractivity contribution in [2.75, 3.05) is 27.2 Å². The zero-order valence-corrected chi connectivity index (χ0v) is 15.3. The number of hydrogen-bond donors (Lipinski definition) is 2. The molecule has 0 aliphatic carbocycles. The van der Waals surface area contributed by atoms with E-state index in [0.29, 0.717) is 11.9 Å². The summed E-state index contributed by atoms with van der Waals surface area (Å²) >= 11 is 0. The lowest BCUT2D eigenvalue weighted by Gasteiger charge is -2.26. The molecule has 2 heterocycles. The molecule has 8 nitrogen and oxygen atoms in total. The monoisotopic (exact) mass is 335 g/mol. The second-order valence-corrected chi connectivity index (χ2v) is 6.87. The fraction of sp³-hybridized carbons (Fsp3) is 0.750. The number of rotatable bonds is 5. The maximum atomic E-state index is 11.8. The summed E-state index contributed by atoms with van der Waals surface area (Å²) in [6.07, 6.45) is 1.87. The molecule has 1 aromatic rings. The minimum atomic E-state index is -0.0153. The molecular weight excluding hydrogens is 306 g/mol. The van der Waals surface area contributed by atoms with Gasteiger partial charge in [-0.2, -0.15) is 5.10 Å². The van der Waals surface area contributed by atoms with Crippen molar-refractivity contribution in [1.29, 1.82) is 0 Å². The molecule has 0 saturated heterocycles. The van der Waals surface area contributed by atoms with Crippen LogP contribution in [0.4, 0.5) is 0 Å². The van der Waals surface area contributed by atoms with Gasteiger partial charge in [-0.3, -0.25) is 4.79 Å². The third-order valence-electron chi connectivity index (χ3n) is 3.85. The molecular formula is C16H29N7O. The topological polar surface area (TPSA) is 87.4 Å². The van der Waals surface area contributed by atoms with E-state index >= 15 is 0 Å². The van der Waals surface area contributed by atoms with Crippen molar-refractivity contribution in [3.63, 3.8) is 0 Å². The summed E-state index contributed by atoms with van der Waals surface area (Å²) in [5, 5.41) is 11.2. The Morgan fingerprint density at radius 3 is 2.88 bits per heavy atom. The summed E-state index contributed by atoms with van der Waals surface area (Å²) in [5.41, 5.74) is 0. The summed E-state index contributed by atoms with van der Waals surface area (Å²) in [6, 6.07) is 0.228. The van der Waals surface area contributed by atoms with E-state index in [4.69, 9.17) is 0 Å². The van der Waals surface area contributed by atoms with E-state index in [0.717, 1.165) is 37.6 Å². The van der Waals surface area contributed by atoms with Crippen LogP contribution in [0.3, 0.4) is 0 Å². The molecule has 8 heteroatoms. The van der Waals surface area contributed by atoms with Crippen LogP contribution >= 0.6 is 0 Å². The van der Waals surface area contributed by atoms with Crippen LogP contribution in [-0.4, -0.2) is 64.8 Å². The van der Waals surface area contributed by atoms with Crippen LogP contribution in [0, 0.1) is 12.8 Å². The van der Waals surface area contributed by atoms with Crippen LogP contribution in [0.15, 0.2) is 4.99 Å². The zero-order valence-electron chi connectivity index (χ0n) is 15.3. The van der Waals surface area contributed by atoms with Gasteiger partial charge in [0.15, 0.2) is 5.96 Å². The van der Waals surface area contributed by atoms with Crippen LogP contribution in [0.2, 0.25) is 0 Å². The molecule has 24 heavy (non-hydrogen) atoms. The molecule has 2 rings (SSSR count). The van der Waals surface area contributed by atoms with Gasteiger partial charge in [0.05, 0.1) is 6.54 Å². The second kappa shape index (κ2) is 8.12. The first-order valence-corrected chi connectivity index (χ1v) is 8.50. The predicted octanol–water partition coefficient (Wildman–Crippen LogP) is 0.181. The van der Waals surface area contributed by atoms with Gasteiger partial charge in [-0.1, -0.05) is 13.8 Å². The SMILES string of the molecule is Cc1nc2n(n1)CC(NC(=NCC(=O)N(C)C)NCC(C)C)CC2. The maximum Gasteiger partial charge on any atom is 0.243 e. The molecule has 1 atom stereocenters. The minimum absolute atomic E-state index is 0.0153. The molecule has 0 radical (unpaired) electrons. The molecule has 0 saturated carbocycles. The Bertz CT molecular complexity index is 591. The molecule has 1 unspecified atom stereocenters. The van der Waals surface area contributed by atoms with E-state index < -0.39 is 0 Å². The van der Waals surface area contributed by atoms with Gasteiger partial charge in [0.2, 0.25) is 5.91 Å². The second-order valence-electron chi connectivity index (χ2n) is 6.87. The molecule has 1 aliphatic rings. The number of nitrogens with zero attached hydrogens (tertiary/aromatic N) is 5. The number of guanidine groups is 1. The molecule has 0 aromatic carbocycles. The Kier molecular flexibility index (Phi) is 6.16. The van der Waals surface area contributed by atoms with Crippen LogP contribution in [-0.2, 0) is 17.8 Å². The van der Waals surface area contributed by atoms with Gasteiger partial charge in [0.1, 0.15) is 18.2 Å². The first-order valence-electron chi connectivity index (χ1n) is 8.50. The van der Waals surface area contributed by atoms with Crippen molar-refractivity contribution in [1.82, 2.24) is 30.3 Å². The molecule has 0 fully saturated rings. The number of carbonyl (C=O) groups is 1. The van der Waals surface area contributed by atoms with E-state index in [9.17, 15) is 4.79 Å². The molecule has 1 amide bonds. The van der Waals surface area contributed by atoms with Crippen LogP contribution in [0.1, 0.15) is 31.9 Å². The molecule has 0 spiro atoms. The van der Waals surface area contributed by atoms with Gasteiger partial charge < -0.3 is 15.5 Å². The summed E-state index contributed by atoms with van der Waals surface area (Å²) in [5.74, 6) is 3.02. The van der Waals surface area contributed by atoms with Crippen molar-refractivity contribution in [3.8, 4) is 0 Å². The van der Waals surface area contributed by atoms with Gasteiger partial charge in [0, 0.05) is 33.1 Å². The average molecular weight is 335 g/mol. The number of amides is 1. The number of aliphatic imine (C=N–C) groups is 1. The summed E-state index contributed by atoms with van der Waals surface area (Å²) < 4.78 is 1.96. The van der Waals surface area contributed by atoms with E-state index in [1.807, 2.05) is 11.6 Å². The van der Waals surface area contributed by atoms with Gasteiger partial charge in [-0.15, -0.1) is 0 Å². The van der Waals surface area contributed by atoms with Gasteiger partial charge >= 0.3 is 0 Å². The third-order valence-corrected chi connectivity index (χ3v) is 3.85. The first kappa shape index (κ1) is 18.2. The maximum absolute atomic E-state index is 11.8. The quantitative estimate of drug-likeness (QED) is 0.592. The standard InChI is InChI=1S/C16H29N7O/c1-11(2)8-17-16(18-9-15(24)22(4)5)20-13-6-7-14-19-12(3)21-23(14)10-13/h11,13H,6-10H2,1-5H3,(H2,17,18,20). The van der Waals surface area contributed by atoms with Gasteiger partial charge in [-0.05, 0) is 19.3 Å². The lowest BCUT2D eigenvalue weighted by atomic mass is 10.1. The summed E-state index contributed by atoms with van der Waals surface area (Å²) in [7, 11) is 3.48. The summed E-state index contributed by atoms with van der Waals surface area (Å²) in [4.78, 5) is 22.2.